The van der Waals surface area contributed by atoms with Crippen molar-refractivity contribution in [2.24, 2.45) is 0 Å². The van der Waals surface area contributed by atoms with Crippen molar-refractivity contribution in [3.8, 4) is 0 Å². The summed E-state index contributed by atoms with van der Waals surface area (Å²) in [5.41, 5.74) is 3.27. The smallest absolute Gasteiger partial charge is 0.264 e. The molecule has 0 radical (unpaired) electrons. The van der Waals surface area contributed by atoms with Crippen LogP contribution in [0.5, 0.6) is 0 Å². The molecule has 3 rings (SSSR count). The molecule has 2 heterocycles. The van der Waals surface area contributed by atoms with Gasteiger partial charge in [-0.1, -0.05) is 0 Å². The highest BCUT2D eigenvalue weighted by molar-refractivity contribution is 7.20. The Balaban J connectivity index is 1.99. The van der Waals surface area contributed by atoms with Crippen LogP contribution < -0.4 is 0 Å². The summed E-state index contributed by atoms with van der Waals surface area (Å²) in [6, 6.07) is 2.47. The standard InChI is InChI=1S/C17H22N2O2S/c1-10-9-11(2)18-16-14(10)12(3)15(22-16)17(20)19(7-8-21-4)13-5-6-13/h9,13H,5-8H2,1-4H3. The lowest BCUT2D eigenvalue weighted by atomic mass is 10.1. The maximum absolute atomic E-state index is 13.0. The number of carbonyl (C=O) groups is 1. The van der Waals surface area contributed by atoms with E-state index >= 15 is 0 Å². The van der Waals surface area contributed by atoms with Gasteiger partial charge in [-0.3, -0.25) is 4.79 Å². The van der Waals surface area contributed by atoms with E-state index in [2.05, 4.69) is 18.0 Å². The van der Waals surface area contributed by atoms with Gasteiger partial charge in [0.1, 0.15) is 4.83 Å². The average molecular weight is 318 g/mol. The van der Waals surface area contributed by atoms with E-state index in [-0.39, 0.29) is 5.91 Å². The molecule has 0 aromatic carbocycles. The van der Waals surface area contributed by atoms with Crippen molar-refractivity contribution >= 4 is 27.5 Å². The molecule has 4 nitrogen and oxygen atoms in total. The summed E-state index contributed by atoms with van der Waals surface area (Å²) in [6.07, 6.45) is 2.21. The molecule has 0 aliphatic heterocycles. The molecule has 0 unspecified atom stereocenters. The molecule has 22 heavy (non-hydrogen) atoms. The van der Waals surface area contributed by atoms with E-state index in [1.54, 1.807) is 7.11 Å². The third kappa shape index (κ3) is 2.75. The molecule has 1 aliphatic rings. The Morgan fingerprint density at radius 2 is 2.14 bits per heavy atom. The number of amides is 1. The number of aryl methyl sites for hydroxylation is 3. The SMILES string of the molecule is COCCN(C(=O)c1sc2nc(C)cc(C)c2c1C)C1CC1. The second-order valence-electron chi connectivity index (χ2n) is 6.04. The van der Waals surface area contributed by atoms with Crippen molar-refractivity contribution in [2.45, 2.75) is 39.7 Å². The number of hydrogen-bond donors (Lipinski definition) is 0. The predicted octanol–water partition coefficient (Wildman–Crippen LogP) is 3.47. The number of hydrogen-bond acceptors (Lipinski definition) is 4. The molecular weight excluding hydrogens is 296 g/mol. The molecule has 0 bridgehead atoms. The van der Waals surface area contributed by atoms with Crippen LogP contribution in [0.1, 0.15) is 39.3 Å². The summed E-state index contributed by atoms with van der Waals surface area (Å²) in [6.45, 7) is 7.38. The number of fused-ring (bicyclic) bond motifs is 1. The molecule has 0 atom stereocenters. The lowest BCUT2D eigenvalue weighted by molar-refractivity contribution is 0.0684. The lowest BCUT2D eigenvalue weighted by Crippen LogP contribution is -2.35. The second-order valence-corrected chi connectivity index (χ2v) is 7.04. The van der Waals surface area contributed by atoms with Gasteiger partial charge in [0.25, 0.3) is 5.91 Å². The number of ether oxygens (including phenoxy) is 1. The number of carbonyl (C=O) groups excluding carboxylic acids is 1. The Morgan fingerprint density at radius 3 is 2.77 bits per heavy atom. The quantitative estimate of drug-likeness (QED) is 0.847. The van der Waals surface area contributed by atoms with Crippen LogP contribution >= 0.6 is 11.3 Å². The molecular formula is C17H22N2O2S. The highest BCUT2D eigenvalue weighted by Gasteiger charge is 2.34. The van der Waals surface area contributed by atoms with Gasteiger partial charge < -0.3 is 9.64 Å². The van der Waals surface area contributed by atoms with Gasteiger partial charge in [-0.25, -0.2) is 4.98 Å². The zero-order chi connectivity index (χ0) is 15.9. The van der Waals surface area contributed by atoms with E-state index in [0.29, 0.717) is 19.2 Å². The molecule has 118 valence electrons. The van der Waals surface area contributed by atoms with E-state index in [1.807, 2.05) is 18.7 Å². The summed E-state index contributed by atoms with van der Waals surface area (Å²) < 4.78 is 5.16. The third-order valence-electron chi connectivity index (χ3n) is 4.20. The summed E-state index contributed by atoms with van der Waals surface area (Å²) in [5, 5.41) is 1.14. The molecule has 0 spiro atoms. The number of thiophene rings is 1. The molecule has 2 aromatic heterocycles. The van der Waals surface area contributed by atoms with E-state index in [4.69, 9.17) is 4.74 Å². The van der Waals surface area contributed by atoms with Gasteiger partial charge in [-0.15, -0.1) is 11.3 Å². The first-order valence-electron chi connectivity index (χ1n) is 7.70. The van der Waals surface area contributed by atoms with Crippen LogP contribution in [0, 0.1) is 20.8 Å². The molecule has 1 fully saturated rings. The summed E-state index contributed by atoms with van der Waals surface area (Å²) in [5.74, 6) is 0.136. The summed E-state index contributed by atoms with van der Waals surface area (Å²) >= 11 is 1.52. The van der Waals surface area contributed by atoms with Crippen LogP contribution in [0.4, 0.5) is 0 Å². The van der Waals surface area contributed by atoms with Gasteiger partial charge in [-0.2, -0.15) is 0 Å². The lowest BCUT2D eigenvalue weighted by Gasteiger charge is -2.21. The van der Waals surface area contributed by atoms with Crippen molar-refractivity contribution < 1.29 is 9.53 Å². The van der Waals surface area contributed by atoms with Gasteiger partial charge in [0.05, 0.1) is 11.5 Å². The van der Waals surface area contributed by atoms with Crippen molar-refractivity contribution in [1.82, 2.24) is 9.88 Å². The fourth-order valence-corrected chi connectivity index (χ4v) is 4.24. The van der Waals surface area contributed by atoms with Crippen molar-refractivity contribution in [3.63, 3.8) is 0 Å². The first-order valence-corrected chi connectivity index (χ1v) is 8.51. The molecule has 0 saturated heterocycles. The number of nitrogens with zero attached hydrogens (tertiary/aromatic N) is 2. The Hall–Kier alpha value is -1.46. The fraction of sp³-hybridized carbons (Fsp3) is 0.529. The van der Waals surface area contributed by atoms with Crippen LogP contribution in [-0.2, 0) is 4.74 Å². The van der Waals surface area contributed by atoms with Crippen LogP contribution in [-0.4, -0.2) is 42.1 Å². The topological polar surface area (TPSA) is 42.4 Å². The van der Waals surface area contributed by atoms with Crippen LogP contribution in [0.25, 0.3) is 10.2 Å². The van der Waals surface area contributed by atoms with Crippen molar-refractivity contribution in [2.75, 3.05) is 20.3 Å². The summed E-state index contributed by atoms with van der Waals surface area (Å²) in [4.78, 5) is 21.4. The maximum Gasteiger partial charge on any atom is 0.264 e. The second kappa shape index (κ2) is 5.97. The van der Waals surface area contributed by atoms with Gasteiger partial charge >= 0.3 is 0 Å². The van der Waals surface area contributed by atoms with Gasteiger partial charge in [0, 0.05) is 30.8 Å². The Labute approximate surface area is 135 Å². The Kier molecular flexibility index (Phi) is 4.19. The van der Waals surface area contributed by atoms with Crippen LogP contribution in [0.3, 0.4) is 0 Å². The fourth-order valence-electron chi connectivity index (χ4n) is 2.98. The first kappa shape index (κ1) is 15.4. The maximum atomic E-state index is 13.0. The Bertz CT molecular complexity index is 719. The highest BCUT2D eigenvalue weighted by Crippen LogP contribution is 2.35. The number of methoxy groups -OCH3 is 1. The van der Waals surface area contributed by atoms with E-state index in [0.717, 1.165) is 39.2 Å². The summed E-state index contributed by atoms with van der Waals surface area (Å²) in [7, 11) is 1.68. The van der Waals surface area contributed by atoms with Gasteiger partial charge in [-0.05, 0) is 50.8 Å². The molecule has 2 aromatic rings. The minimum Gasteiger partial charge on any atom is -0.383 e. The van der Waals surface area contributed by atoms with Crippen molar-refractivity contribution in [1.29, 1.82) is 0 Å². The first-order chi connectivity index (χ1) is 10.5. The zero-order valence-corrected chi connectivity index (χ0v) is 14.4. The molecule has 1 aliphatic carbocycles. The van der Waals surface area contributed by atoms with Crippen molar-refractivity contribution in [3.05, 3.63) is 27.8 Å². The minimum absolute atomic E-state index is 0.136. The van der Waals surface area contributed by atoms with Crippen LogP contribution in [0.15, 0.2) is 6.07 Å². The van der Waals surface area contributed by atoms with Gasteiger partial charge in [0.15, 0.2) is 0 Å². The van der Waals surface area contributed by atoms with E-state index in [9.17, 15) is 4.79 Å². The number of pyridine rings is 1. The third-order valence-corrected chi connectivity index (χ3v) is 5.38. The van der Waals surface area contributed by atoms with E-state index in [1.165, 1.54) is 16.9 Å². The molecule has 1 amide bonds. The number of aromatic nitrogens is 1. The molecule has 0 N–H and O–H groups in total. The zero-order valence-electron chi connectivity index (χ0n) is 13.6. The molecule has 5 heteroatoms. The normalized spacial score (nSPS) is 14.5. The van der Waals surface area contributed by atoms with Gasteiger partial charge in [0.2, 0.25) is 0 Å². The minimum atomic E-state index is 0.136. The average Bonchev–Trinajstić information content (AvgIpc) is 3.23. The highest BCUT2D eigenvalue weighted by atomic mass is 32.1. The van der Waals surface area contributed by atoms with Crippen LogP contribution in [0.2, 0.25) is 0 Å². The largest absolute Gasteiger partial charge is 0.383 e. The molecule has 1 saturated carbocycles. The Morgan fingerprint density at radius 1 is 1.41 bits per heavy atom. The van der Waals surface area contributed by atoms with E-state index < -0.39 is 0 Å². The monoisotopic (exact) mass is 318 g/mol. The predicted molar refractivity (Wildman–Crippen MR) is 89.8 cm³/mol. The number of rotatable bonds is 5.